The molecule has 4 nitrogen and oxygen atoms in total. The minimum absolute atomic E-state index is 0.684. The summed E-state index contributed by atoms with van der Waals surface area (Å²) >= 11 is 0. The summed E-state index contributed by atoms with van der Waals surface area (Å²) < 4.78 is 2.50. The van der Waals surface area contributed by atoms with Crippen LogP contribution in [-0.4, -0.2) is 46.7 Å². The molecule has 3 aliphatic rings. The lowest BCUT2D eigenvalue weighted by Crippen LogP contribution is -2.42. The molecule has 0 radical (unpaired) electrons. The van der Waals surface area contributed by atoms with Gasteiger partial charge in [0.1, 0.15) is 0 Å². The molecule has 1 aromatic heterocycles. The zero-order valence-corrected chi connectivity index (χ0v) is 10.9. The van der Waals surface area contributed by atoms with Gasteiger partial charge in [0, 0.05) is 43.5 Å². The number of piperidine rings is 1. The molecule has 0 amide bonds. The molecule has 1 N–H and O–H groups in total. The van der Waals surface area contributed by atoms with Gasteiger partial charge in [-0.1, -0.05) is 6.42 Å². The van der Waals surface area contributed by atoms with Crippen molar-refractivity contribution < 1.29 is 0 Å². The molecule has 0 saturated carbocycles. The zero-order chi connectivity index (χ0) is 11.9. The van der Waals surface area contributed by atoms with E-state index in [4.69, 9.17) is 0 Å². The van der Waals surface area contributed by atoms with Gasteiger partial charge in [-0.2, -0.15) is 0 Å². The van der Waals surface area contributed by atoms with Crippen molar-refractivity contribution in [3.05, 3.63) is 18.2 Å². The van der Waals surface area contributed by atoms with Crippen LogP contribution in [-0.2, 0) is 0 Å². The van der Waals surface area contributed by atoms with Crippen LogP contribution in [0.3, 0.4) is 0 Å². The molecule has 3 fully saturated rings. The molecule has 4 rings (SSSR count). The quantitative estimate of drug-likeness (QED) is 0.855. The van der Waals surface area contributed by atoms with Crippen molar-refractivity contribution in [2.45, 2.75) is 43.7 Å². The van der Waals surface area contributed by atoms with Crippen LogP contribution >= 0.6 is 0 Å². The first-order valence-corrected chi connectivity index (χ1v) is 7.40. The minimum atomic E-state index is 0.684. The van der Waals surface area contributed by atoms with Gasteiger partial charge in [-0.05, 0) is 25.8 Å². The van der Waals surface area contributed by atoms with E-state index >= 15 is 0 Å². The first-order valence-electron chi connectivity index (χ1n) is 7.40. The summed E-state index contributed by atoms with van der Waals surface area (Å²) in [6, 6.07) is 1.46. The fourth-order valence-electron chi connectivity index (χ4n) is 3.95. The molecule has 2 atom stereocenters. The second-order valence-electron chi connectivity index (χ2n) is 6.04. The highest BCUT2D eigenvalue weighted by molar-refractivity contribution is 5.14. The van der Waals surface area contributed by atoms with Crippen molar-refractivity contribution >= 4 is 0 Å². The Morgan fingerprint density at radius 2 is 2.06 bits per heavy atom. The van der Waals surface area contributed by atoms with Crippen molar-refractivity contribution in [2.75, 3.05) is 26.2 Å². The summed E-state index contributed by atoms with van der Waals surface area (Å²) in [7, 11) is 0. The van der Waals surface area contributed by atoms with E-state index in [9.17, 15) is 0 Å². The Balaban J connectivity index is 1.60. The third-order valence-corrected chi connectivity index (χ3v) is 5.07. The van der Waals surface area contributed by atoms with Gasteiger partial charge in [0.15, 0.2) is 0 Å². The Kier molecular flexibility index (Phi) is 2.66. The van der Waals surface area contributed by atoms with Gasteiger partial charge >= 0.3 is 0 Å². The minimum Gasteiger partial charge on any atom is -0.330 e. The predicted molar refractivity (Wildman–Crippen MR) is 70.7 cm³/mol. The molecule has 4 heteroatoms. The lowest BCUT2D eigenvalue weighted by Gasteiger charge is -2.35. The summed E-state index contributed by atoms with van der Waals surface area (Å²) in [6.45, 7) is 4.87. The van der Waals surface area contributed by atoms with E-state index in [0.717, 1.165) is 19.1 Å². The zero-order valence-electron chi connectivity index (χ0n) is 10.9. The molecule has 0 bridgehead atoms. The number of aromatic nitrogens is 2. The highest BCUT2D eigenvalue weighted by Crippen LogP contribution is 2.37. The van der Waals surface area contributed by atoms with Crippen molar-refractivity contribution in [2.24, 2.45) is 0 Å². The van der Waals surface area contributed by atoms with Crippen LogP contribution in [0.25, 0.3) is 0 Å². The molecule has 2 unspecified atom stereocenters. The van der Waals surface area contributed by atoms with Gasteiger partial charge in [0.05, 0.1) is 12.4 Å². The van der Waals surface area contributed by atoms with Crippen molar-refractivity contribution in [1.29, 1.82) is 0 Å². The molecule has 0 aromatic carbocycles. The van der Waals surface area contributed by atoms with Crippen LogP contribution in [0.15, 0.2) is 12.5 Å². The van der Waals surface area contributed by atoms with Crippen LogP contribution in [0.4, 0.5) is 0 Å². The van der Waals surface area contributed by atoms with E-state index in [2.05, 4.69) is 32.3 Å². The van der Waals surface area contributed by atoms with Gasteiger partial charge in [-0.15, -0.1) is 0 Å². The molecule has 0 spiro atoms. The third kappa shape index (κ3) is 1.62. The number of nitrogens with zero attached hydrogens (tertiary/aromatic N) is 3. The van der Waals surface area contributed by atoms with E-state index in [1.165, 1.54) is 44.5 Å². The number of hydrogen-bond acceptors (Lipinski definition) is 3. The highest BCUT2D eigenvalue weighted by atomic mass is 15.3. The molecule has 18 heavy (non-hydrogen) atoms. The number of hydrogen-bond donors (Lipinski definition) is 1. The largest absolute Gasteiger partial charge is 0.330 e. The second kappa shape index (κ2) is 4.35. The van der Waals surface area contributed by atoms with Crippen LogP contribution in [0.2, 0.25) is 0 Å². The van der Waals surface area contributed by atoms with Crippen LogP contribution < -0.4 is 5.32 Å². The predicted octanol–water partition coefficient (Wildman–Crippen LogP) is 1.37. The molecule has 0 aliphatic carbocycles. The molecule has 3 saturated heterocycles. The van der Waals surface area contributed by atoms with Crippen LogP contribution in [0.5, 0.6) is 0 Å². The number of imidazole rings is 1. The van der Waals surface area contributed by atoms with E-state index in [1.54, 1.807) is 0 Å². The van der Waals surface area contributed by atoms with E-state index in [1.807, 2.05) is 0 Å². The molecule has 4 heterocycles. The Labute approximate surface area is 108 Å². The maximum Gasteiger partial charge on any atom is 0.0951 e. The normalized spacial score (nSPS) is 33.3. The lowest BCUT2D eigenvalue weighted by molar-refractivity contribution is 0.171. The van der Waals surface area contributed by atoms with Gasteiger partial charge in [0.2, 0.25) is 0 Å². The Bertz CT molecular complexity index is 423. The smallest absolute Gasteiger partial charge is 0.0951 e. The topological polar surface area (TPSA) is 33.1 Å². The Morgan fingerprint density at radius 1 is 1.11 bits per heavy atom. The SMILES string of the molecule is c1ncn(C2CCN3CCCCC23)c1C1CNC1. The number of nitrogens with one attached hydrogen (secondary N) is 1. The highest BCUT2D eigenvalue weighted by Gasteiger charge is 2.38. The second-order valence-corrected chi connectivity index (χ2v) is 6.04. The molecule has 3 aliphatic heterocycles. The lowest BCUT2D eigenvalue weighted by atomic mass is 9.96. The molecule has 98 valence electrons. The van der Waals surface area contributed by atoms with Crippen molar-refractivity contribution in [1.82, 2.24) is 19.8 Å². The summed E-state index contributed by atoms with van der Waals surface area (Å²) in [5.41, 5.74) is 1.46. The summed E-state index contributed by atoms with van der Waals surface area (Å²) in [5.74, 6) is 0.699. The van der Waals surface area contributed by atoms with Gasteiger partial charge < -0.3 is 9.88 Å². The summed E-state index contributed by atoms with van der Waals surface area (Å²) in [5, 5.41) is 3.37. The fraction of sp³-hybridized carbons (Fsp3) is 0.786. The molecular formula is C14H22N4. The maximum absolute atomic E-state index is 4.42. The summed E-state index contributed by atoms with van der Waals surface area (Å²) in [4.78, 5) is 7.13. The average Bonchev–Trinajstić information content (AvgIpc) is 2.92. The number of rotatable bonds is 2. The van der Waals surface area contributed by atoms with Gasteiger partial charge in [0.25, 0.3) is 0 Å². The first-order chi connectivity index (χ1) is 8.93. The third-order valence-electron chi connectivity index (χ3n) is 5.07. The maximum atomic E-state index is 4.42. The van der Waals surface area contributed by atoms with Gasteiger partial charge in [-0.25, -0.2) is 4.98 Å². The Morgan fingerprint density at radius 3 is 2.89 bits per heavy atom. The van der Waals surface area contributed by atoms with Crippen molar-refractivity contribution in [3.8, 4) is 0 Å². The van der Waals surface area contributed by atoms with E-state index in [-0.39, 0.29) is 0 Å². The van der Waals surface area contributed by atoms with Crippen LogP contribution in [0.1, 0.15) is 43.3 Å². The average molecular weight is 246 g/mol. The van der Waals surface area contributed by atoms with E-state index in [0.29, 0.717) is 12.0 Å². The van der Waals surface area contributed by atoms with Gasteiger partial charge in [-0.3, -0.25) is 4.90 Å². The molecule has 1 aromatic rings. The fourth-order valence-corrected chi connectivity index (χ4v) is 3.95. The monoisotopic (exact) mass is 246 g/mol. The standard InChI is InChI=1S/C14H22N4/c1-2-5-17-6-4-13(12(17)3-1)18-10-16-9-14(18)11-7-15-8-11/h9-13,15H,1-8H2. The first kappa shape index (κ1) is 11.0. The molecular weight excluding hydrogens is 224 g/mol. The van der Waals surface area contributed by atoms with E-state index < -0.39 is 0 Å². The summed E-state index contributed by atoms with van der Waals surface area (Å²) in [6.07, 6.45) is 9.67. The Hall–Kier alpha value is -0.870. The number of fused-ring (bicyclic) bond motifs is 1. The van der Waals surface area contributed by atoms with Crippen LogP contribution in [0, 0.1) is 0 Å². The van der Waals surface area contributed by atoms with Crippen molar-refractivity contribution in [3.63, 3.8) is 0 Å².